The monoisotopic (exact) mass is 315 g/mol. The van der Waals surface area contributed by atoms with Gasteiger partial charge in [0.25, 0.3) is 0 Å². The van der Waals surface area contributed by atoms with Crippen molar-refractivity contribution in [2.24, 2.45) is 5.92 Å². The Kier molecular flexibility index (Phi) is 5.27. The molecule has 1 aromatic heterocycles. The summed E-state index contributed by atoms with van der Waals surface area (Å²) in [5.41, 5.74) is 2.71. The average Bonchev–Trinajstić information content (AvgIpc) is 2.46. The molecule has 0 aromatic carbocycles. The standard InChI is InChI=1S/C19H29NOSi/c1-14(15(2)21)18-12-17(11-16-9-7-6-8-10-16)19(13-20-18)22(3,4)5/h12-13,16,21H,1-2,6-11H2,3-5H3. The van der Waals surface area contributed by atoms with Crippen LogP contribution in [0.2, 0.25) is 19.6 Å². The summed E-state index contributed by atoms with van der Waals surface area (Å²) in [7, 11) is -1.42. The van der Waals surface area contributed by atoms with Crippen LogP contribution >= 0.6 is 0 Å². The molecule has 0 saturated heterocycles. The molecular formula is C19H29NOSi. The maximum Gasteiger partial charge on any atom is 0.117 e. The fourth-order valence-corrected chi connectivity index (χ4v) is 4.95. The van der Waals surface area contributed by atoms with E-state index in [4.69, 9.17) is 0 Å². The van der Waals surface area contributed by atoms with Crippen LogP contribution in [0, 0.1) is 5.92 Å². The first-order chi connectivity index (χ1) is 10.3. The summed E-state index contributed by atoms with van der Waals surface area (Å²) in [5, 5.41) is 11.0. The van der Waals surface area contributed by atoms with Crippen molar-refractivity contribution >= 4 is 18.8 Å². The summed E-state index contributed by atoms with van der Waals surface area (Å²) < 4.78 is 0. The molecule has 2 rings (SSSR count). The maximum absolute atomic E-state index is 9.59. The number of allylic oxidation sites excluding steroid dienone is 1. The molecule has 22 heavy (non-hydrogen) atoms. The van der Waals surface area contributed by atoms with Crippen LogP contribution in [0.5, 0.6) is 0 Å². The van der Waals surface area contributed by atoms with Gasteiger partial charge in [0.2, 0.25) is 0 Å². The summed E-state index contributed by atoms with van der Waals surface area (Å²) in [4.78, 5) is 4.53. The molecule has 1 aliphatic carbocycles. The van der Waals surface area contributed by atoms with E-state index in [9.17, 15) is 5.11 Å². The lowest BCUT2D eigenvalue weighted by atomic mass is 9.85. The van der Waals surface area contributed by atoms with Crippen molar-refractivity contribution in [3.8, 4) is 0 Å². The van der Waals surface area contributed by atoms with Gasteiger partial charge in [-0.15, -0.1) is 0 Å². The third kappa shape index (κ3) is 4.10. The van der Waals surface area contributed by atoms with Crippen LogP contribution in [0.1, 0.15) is 43.4 Å². The summed E-state index contributed by atoms with van der Waals surface area (Å²) in [6.45, 7) is 14.6. The predicted molar refractivity (Wildman–Crippen MR) is 98.3 cm³/mol. The maximum atomic E-state index is 9.59. The van der Waals surface area contributed by atoms with Gasteiger partial charge in [-0.25, -0.2) is 0 Å². The van der Waals surface area contributed by atoms with E-state index in [0.29, 0.717) is 5.57 Å². The fourth-order valence-electron chi connectivity index (χ4n) is 3.36. The largest absolute Gasteiger partial charge is 0.508 e. The molecule has 0 radical (unpaired) electrons. The molecule has 0 amide bonds. The zero-order valence-corrected chi connectivity index (χ0v) is 15.3. The summed E-state index contributed by atoms with van der Waals surface area (Å²) >= 11 is 0. The highest BCUT2D eigenvalue weighted by atomic mass is 28.3. The molecule has 0 atom stereocenters. The Bertz CT molecular complexity index is 565. The molecular weight excluding hydrogens is 286 g/mol. The van der Waals surface area contributed by atoms with E-state index < -0.39 is 8.07 Å². The molecule has 1 aromatic rings. The second-order valence-electron chi connectivity index (χ2n) is 7.61. The Balaban J connectivity index is 2.34. The zero-order valence-electron chi connectivity index (χ0n) is 14.3. The summed E-state index contributed by atoms with van der Waals surface area (Å²) in [6.07, 6.45) is 9.97. The van der Waals surface area contributed by atoms with Crippen molar-refractivity contribution in [2.75, 3.05) is 0 Å². The quantitative estimate of drug-likeness (QED) is 0.479. The van der Waals surface area contributed by atoms with E-state index in [1.807, 2.05) is 6.20 Å². The van der Waals surface area contributed by atoms with Crippen LogP contribution in [0.3, 0.4) is 0 Å². The van der Waals surface area contributed by atoms with Crippen LogP contribution in [0.4, 0.5) is 0 Å². The van der Waals surface area contributed by atoms with Gasteiger partial charge in [-0.05, 0) is 29.2 Å². The second-order valence-corrected chi connectivity index (χ2v) is 12.6. The van der Waals surface area contributed by atoms with Crippen molar-refractivity contribution in [3.05, 3.63) is 42.4 Å². The number of hydrogen-bond donors (Lipinski definition) is 1. The van der Waals surface area contributed by atoms with Crippen LogP contribution in [-0.2, 0) is 6.42 Å². The Morgan fingerprint density at radius 2 is 1.86 bits per heavy atom. The molecule has 120 valence electrons. The fraction of sp³-hybridized carbons (Fsp3) is 0.526. The van der Waals surface area contributed by atoms with Gasteiger partial charge in [-0.1, -0.05) is 64.9 Å². The molecule has 2 nitrogen and oxygen atoms in total. The van der Waals surface area contributed by atoms with Gasteiger partial charge in [-0.2, -0.15) is 0 Å². The number of hydrogen-bond acceptors (Lipinski definition) is 2. The molecule has 1 heterocycles. The molecule has 0 unspecified atom stereocenters. The van der Waals surface area contributed by atoms with E-state index >= 15 is 0 Å². The smallest absolute Gasteiger partial charge is 0.117 e. The molecule has 1 N–H and O–H groups in total. The summed E-state index contributed by atoms with van der Waals surface area (Å²) in [6, 6.07) is 2.14. The van der Waals surface area contributed by atoms with Crippen LogP contribution in [0.25, 0.3) is 5.57 Å². The highest BCUT2D eigenvalue weighted by molar-refractivity contribution is 6.89. The summed E-state index contributed by atoms with van der Waals surface area (Å²) in [5.74, 6) is 0.807. The van der Waals surface area contributed by atoms with Crippen molar-refractivity contribution in [1.29, 1.82) is 0 Å². The zero-order chi connectivity index (χ0) is 16.3. The minimum atomic E-state index is -1.42. The van der Waals surface area contributed by atoms with Gasteiger partial charge in [0.15, 0.2) is 0 Å². The Morgan fingerprint density at radius 3 is 2.41 bits per heavy atom. The van der Waals surface area contributed by atoms with Gasteiger partial charge < -0.3 is 5.11 Å². The van der Waals surface area contributed by atoms with Crippen molar-refractivity contribution in [3.63, 3.8) is 0 Å². The Labute approximate surface area is 136 Å². The van der Waals surface area contributed by atoms with Crippen LogP contribution in [-0.4, -0.2) is 18.2 Å². The molecule has 1 fully saturated rings. The molecule has 0 bridgehead atoms. The van der Waals surface area contributed by atoms with E-state index in [1.165, 1.54) is 42.9 Å². The number of aliphatic hydroxyl groups is 1. The predicted octanol–water partition coefficient (Wildman–Crippen LogP) is 4.83. The molecule has 3 heteroatoms. The minimum Gasteiger partial charge on any atom is -0.508 e. The van der Waals surface area contributed by atoms with E-state index in [1.54, 1.807) is 0 Å². The van der Waals surface area contributed by atoms with Gasteiger partial charge in [0.05, 0.1) is 13.8 Å². The first-order valence-corrected chi connectivity index (χ1v) is 11.9. The minimum absolute atomic E-state index is 0.0110. The highest BCUT2D eigenvalue weighted by Crippen LogP contribution is 2.28. The highest BCUT2D eigenvalue weighted by Gasteiger charge is 2.24. The first kappa shape index (κ1) is 17.0. The van der Waals surface area contributed by atoms with Crippen LogP contribution < -0.4 is 5.19 Å². The molecule has 1 saturated carbocycles. The van der Waals surface area contributed by atoms with Gasteiger partial charge >= 0.3 is 0 Å². The average molecular weight is 316 g/mol. The van der Waals surface area contributed by atoms with Crippen molar-refractivity contribution in [1.82, 2.24) is 4.98 Å². The third-order valence-corrected chi connectivity index (χ3v) is 6.75. The topological polar surface area (TPSA) is 33.1 Å². The van der Waals surface area contributed by atoms with Crippen molar-refractivity contribution in [2.45, 2.75) is 58.2 Å². The lowest BCUT2D eigenvalue weighted by Crippen LogP contribution is -2.41. The normalized spacial score (nSPS) is 16.5. The lowest BCUT2D eigenvalue weighted by molar-refractivity contribution is 0.357. The van der Waals surface area contributed by atoms with E-state index in [0.717, 1.165) is 18.0 Å². The number of aliphatic hydroxyl groups excluding tert-OH is 1. The molecule has 0 aliphatic heterocycles. The Hall–Kier alpha value is -1.35. The number of pyridine rings is 1. The van der Waals surface area contributed by atoms with Crippen molar-refractivity contribution < 1.29 is 5.11 Å². The third-order valence-electron chi connectivity index (χ3n) is 4.69. The van der Waals surface area contributed by atoms with Gasteiger partial charge in [-0.3, -0.25) is 4.98 Å². The SMILES string of the molecule is C=C(O)C(=C)c1cc(CC2CCCCC2)c([Si](C)(C)C)cn1. The van der Waals surface area contributed by atoms with Crippen LogP contribution in [0.15, 0.2) is 31.2 Å². The number of rotatable bonds is 5. The second kappa shape index (κ2) is 6.82. The Morgan fingerprint density at radius 1 is 1.23 bits per heavy atom. The molecule has 0 spiro atoms. The number of nitrogens with zero attached hydrogens (tertiary/aromatic N) is 1. The van der Waals surface area contributed by atoms with E-state index in [-0.39, 0.29) is 5.76 Å². The first-order valence-electron chi connectivity index (χ1n) is 8.36. The number of aromatic nitrogens is 1. The lowest BCUT2D eigenvalue weighted by Gasteiger charge is -2.26. The molecule has 1 aliphatic rings. The van der Waals surface area contributed by atoms with Gasteiger partial charge in [0, 0.05) is 11.8 Å². The van der Waals surface area contributed by atoms with Gasteiger partial charge in [0.1, 0.15) is 5.76 Å². The van der Waals surface area contributed by atoms with E-state index in [2.05, 4.69) is 43.8 Å².